The lowest BCUT2D eigenvalue weighted by Crippen LogP contribution is -2.12. The van der Waals surface area contributed by atoms with Crippen molar-refractivity contribution < 1.29 is 27.1 Å². The van der Waals surface area contributed by atoms with E-state index in [1.165, 1.54) is 23.2 Å². The lowest BCUT2D eigenvalue weighted by molar-refractivity contribution is -0.0885. The number of hydrogen-bond acceptors (Lipinski definition) is 4. The smallest absolute Gasteiger partial charge is 0.416 e. The molecule has 2 aromatic heterocycles. The van der Waals surface area contributed by atoms with Crippen molar-refractivity contribution in [2.24, 2.45) is 0 Å². The molecule has 1 aliphatic carbocycles. The van der Waals surface area contributed by atoms with E-state index in [0.717, 1.165) is 6.08 Å². The molecule has 0 unspecified atom stereocenters. The van der Waals surface area contributed by atoms with Crippen LogP contribution in [0.4, 0.5) is 13.2 Å². The lowest BCUT2D eigenvalue weighted by Gasteiger charge is -2.14. The topological polar surface area (TPSA) is 57.3 Å². The van der Waals surface area contributed by atoms with Gasteiger partial charge in [-0.3, -0.25) is 4.68 Å². The summed E-state index contributed by atoms with van der Waals surface area (Å²) in [6, 6.07) is 3.34. The molecule has 0 N–H and O–H groups in total. The Morgan fingerprint density at radius 2 is 2.19 bits per heavy atom. The highest BCUT2D eigenvalue weighted by Gasteiger charge is 2.33. The molecule has 0 fully saturated rings. The highest BCUT2D eigenvalue weighted by Crippen LogP contribution is 2.35. The Morgan fingerprint density at radius 3 is 2.92 bits per heavy atom. The van der Waals surface area contributed by atoms with Gasteiger partial charge in [-0.2, -0.15) is 18.3 Å². The Balaban J connectivity index is 1.72. The number of ether oxygens (including phenoxy) is 1. The van der Waals surface area contributed by atoms with E-state index >= 15 is 0 Å². The first-order valence-corrected chi connectivity index (χ1v) is 8.13. The average Bonchev–Trinajstić information content (AvgIpc) is 3.25. The van der Waals surface area contributed by atoms with Crippen molar-refractivity contribution in [1.29, 1.82) is 0 Å². The third-order valence-corrected chi connectivity index (χ3v) is 3.88. The molecule has 0 radical (unpaired) electrons. The molecule has 0 aliphatic heterocycles. The van der Waals surface area contributed by atoms with E-state index in [1.807, 2.05) is 0 Å². The van der Waals surface area contributed by atoms with Crippen LogP contribution in [0.3, 0.4) is 0 Å². The van der Waals surface area contributed by atoms with E-state index in [4.69, 9.17) is 9.15 Å². The van der Waals surface area contributed by atoms with Crippen LogP contribution in [0, 0.1) is 0 Å². The first kappa shape index (κ1) is 18.0. The first-order valence-electron chi connectivity index (χ1n) is 8.13. The summed E-state index contributed by atoms with van der Waals surface area (Å²) >= 11 is 0. The zero-order valence-electron chi connectivity index (χ0n) is 14.0. The van der Waals surface area contributed by atoms with E-state index in [1.54, 1.807) is 19.1 Å². The maximum absolute atomic E-state index is 12.9. The SMILES string of the molecule is CCOC(=O)c1cnn(Cc2ccc(C3=CC(C(F)(F)F)=CCC3)o2)c1. The van der Waals surface area contributed by atoms with Gasteiger partial charge in [0.05, 0.1) is 30.5 Å². The zero-order chi connectivity index (χ0) is 18.7. The van der Waals surface area contributed by atoms with Crippen LogP contribution >= 0.6 is 0 Å². The number of carbonyl (C=O) groups is 1. The minimum absolute atomic E-state index is 0.259. The highest BCUT2D eigenvalue weighted by molar-refractivity contribution is 5.88. The second-order valence-electron chi connectivity index (χ2n) is 5.78. The second-order valence-corrected chi connectivity index (χ2v) is 5.78. The van der Waals surface area contributed by atoms with Gasteiger partial charge in [0, 0.05) is 6.20 Å². The number of alkyl halides is 3. The van der Waals surface area contributed by atoms with Gasteiger partial charge in [-0.1, -0.05) is 6.08 Å². The van der Waals surface area contributed by atoms with Gasteiger partial charge in [0.2, 0.25) is 0 Å². The van der Waals surface area contributed by atoms with Crippen LogP contribution in [-0.2, 0) is 11.3 Å². The Labute approximate surface area is 147 Å². The van der Waals surface area contributed by atoms with Gasteiger partial charge in [0.15, 0.2) is 0 Å². The number of carbonyl (C=O) groups excluding carboxylic acids is 1. The van der Waals surface area contributed by atoms with Crippen molar-refractivity contribution in [2.75, 3.05) is 6.61 Å². The van der Waals surface area contributed by atoms with Gasteiger partial charge in [-0.15, -0.1) is 0 Å². The molecular formula is C18H17F3N2O3. The zero-order valence-corrected chi connectivity index (χ0v) is 14.0. The molecule has 26 heavy (non-hydrogen) atoms. The van der Waals surface area contributed by atoms with Crippen molar-refractivity contribution >= 4 is 11.5 Å². The maximum atomic E-state index is 12.9. The van der Waals surface area contributed by atoms with Gasteiger partial charge >= 0.3 is 12.1 Å². The predicted octanol–water partition coefficient (Wildman–Crippen LogP) is 4.37. The molecular weight excluding hydrogens is 349 g/mol. The average molecular weight is 366 g/mol. The number of allylic oxidation sites excluding steroid dienone is 4. The maximum Gasteiger partial charge on any atom is 0.416 e. The van der Waals surface area contributed by atoms with E-state index in [-0.39, 0.29) is 13.2 Å². The van der Waals surface area contributed by atoms with E-state index in [9.17, 15) is 18.0 Å². The Hall–Kier alpha value is -2.77. The number of furan rings is 1. The number of halogens is 3. The number of hydrogen-bond donors (Lipinski definition) is 0. The fourth-order valence-electron chi connectivity index (χ4n) is 2.66. The minimum atomic E-state index is -4.36. The molecule has 3 rings (SSSR count). The van der Waals surface area contributed by atoms with Crippen LogP contribution in [0.25, 0.3) is 5.57 Å². The largest absolute Gasteiger partial charge is 0.462 e. The summed E-state index contributed by atoms with van der Waals surface area (Å²) < 4.78 is 50.6. The van der Waals surface area contributed by atoms with Crippen LogP contribution in [0.2, 0.25) is 0 Å². The van der Waals surface area contributed by atoms with E-state index in [2.05, 4.69) is 5.10 Å². The summed E-state index contributed by atoms with van der Waals surface area (Å²) in [6.45, 7) is 2.25. The molecule has 0 aromatic carbocycles. The molecule has 0 spiro atoms. The van der Waals surface area contributed by atoms with Crippen molar-refractivity contribution in [3.05, 3.63) is 59.3 Å². The number of rotatable bonds is 5. The molecule has 0 saturated heterocycles. The standard InChI is InChI=1S/C18H17F3N2O3/c1-2-25-17(24)13-9-22-23(10-13)11-15-6-7-16(26-15)12-4-3-5-14(8-12)18(19,20)21/h5-10H,2-4,11H2,1H3. The minimum Gasteiger partial charge on any atom is -0.462 e. The molecule has 1 aliphatic rings. The van der Waals surface area contributed by atoms with Gasteiger partial charge in [0.25, 0.3) is 0 Å². The summed E-state index contributed by atoms with van der Waals surface area (Å²) in [6.07, 6.45) is 1.68. The van der Waals surface area contributed by atoms with Crippen LogP contribution in [-0.4, -0.2) is 28.5 Å². The molecule has 2 aromatic rings. The predicted molar refractivity (Wildman–Crippen MR) is 87.3 cm³/mol. The Kier molecular flexibility index (Phi) is 5.01. The summed E-state index contributed by atoms with van der Waals surface area (Å²) in [5.74, 6) is 0.479. The van der Waals surface area contributed by atoms with Crippen molar-refractivity contribution in [1.82, 2.24) is 9.78 Å². The first-order chi connectivity index (χ1) is 12.4. The molecule has 5 nitrogen and oxygen atoms in total. The molecule has 0 amide bonds. The lowest BCUT2D eigenvalue weighted by atomic mass is 9.97. The Bertz CT molecular complexity index is 859. The summed E-state index contributed by atoms with van der Waals surface area (Å²) in [5, 5.41) is 4.06. The quantitative estimate of drug-likeness (QED) is 0.738. The van der Waals surface area contributed by atoms with E-state index < -0.39 is 17.7 Å². The molecule has 8 heteroatoms. The van der Waals surface area contributed by atoms with Gasteiger partial charge in [-0.25, -0.2) is 4.79 Å². The normalized spacial score (nSPS) is 14.8. The number of nitrogens with zero attached hydrogens (tertiary/aromatic N) is 2. The van der Waals surface area contributed by atoms with Crippen molar-refractivity contribution in [3.8, 4) is 0 Å². The van der Waals surface area contributed by atoms with Crippen LogP contribution in [0.1, 0.15) is 41.6 Å². The molecule has 0 bridgehead atoms. The highest BCUT2D eigenvalue weighted by atomic mass is 19.4. The molecule has 0 saturated carbocycles. The van der Waals surface area contributed by atoms with Crippen molar-refractivity contribution in [2.45, 2.75) is 32.5 Å². The monoisotopic (exact) mass is 366 g/mol. The van der Waals surface area contributed by atoms with Gasteiger partial charge in [0.1, 0.15) is 11.5 Å². The third-order valence-electron chi connectivity index (χ3n) is 3.88. The van der Waals surface area contributed by atoms with Crippen molar-refractivity contribution in [3.63, 3.8) is 0 Å². The van der Waals surface area contributed by atoms with Crippen LogP contribution in [0.15, 0.2) is 46.7 Å². The molecule has 0 atom stereocenters. The Morgan fingerprint density at radius 1 is 1.38 bits per heavy atom. The van der Waals surface area contributed by atoms with Crippen LogP contribution in [0.5, 0.6) is 0 Å². The summed E-state index contributed by atoms with van der Waals surface area (Å²) in [5.41, 5.74) is 0.190. The van der Waals surface area contributed by atoms with Gasteiger partial charge < -0.3 is 9.15 Å². The van der Waals surface area contributed by atoms with Crippen LogP contribution < -0.4 is 0 Å². The summed E-state index contributed by atoms with van der Waals surface area (Å²) in [4.78, 5) is 11.6. The summed E-state index contributed by atoms with van der Waals surface area (Å²) in [7, 11) is 0. The van der Waals surface area contributed by atoms with Gasteiger partial charge in [-0.05, 0) is 43.5 Å². The number of aromatic nitrogens is 2. The van der Waals surface area contributed by atoms with E-state index in [0.29, 0.717) is 35.5 Å². The molecule has 2 heterocycles. The molecule has 138 valence electrons. The third kappa shape index (κ3) is 4.07. The second kappa shape index (κ2) is 7.23. The fourth-order valence-corrected chi connectivity index (χ4v) is 2.66. The fraction of sp³-hybridized carbons (Fsp3) is 0.333. The number of esters is 1.